The monoisotopic (exact) mass is 254 g/mol. The number of ether oxygens (including phenoxy) is 2. The molecule has 3 atom stereocenters. The minimum absolute atomic E-state index is 0.392. The normalized spacial score (nSPS) is 27.9. The minimum Gasteiger partial charge on any atom is -0.390 e. The number of terminal acetylenes is 1. The molecular formula is C15H26O3. The average Bonchev–Trinajstić information content (AvgIpc) is 2.64. The summed E-state index contributed by atoms with van der Waals surface area (Å²) in [6.45, 7) is 5.84. The summed E-state index contributed by atoms with van der Waals surface area (Å²) in [5, 5.41) is 10.1. The summed E-state index contributed by atoms with van der Waals surface area (Å²) >= 11 is 0. The van der Waals surface area contributed by atoms with Gasteiger partial charge in [0.15, 0.2) is 5.79 Å². The molecule has 0 radical (unpaired) electrons. The van der Waals surface area contributed by atoms with E-state index in [-0.39, 0.29) is 0 Å². The zero-order valence-electron chi connectivity index (χ0n) is 11.8. The fraction of sp³-hybridized carbons (Fsp3) is 0.867. The van der Waals surface area contributed by atoms with Crippen molar-refractivity contribution in [3.8, 4) is 12.3 Å². The van der Waals surface area contributed by atoms with Gasteiger partial charge in [0.05, 0.1) is 6.10 Å². The van der Waals surface area contributed by atoms with E-state index in [1.165, 1.54) is 19.3 Å². The number of hydrogen-bond donors (Lipinski definition) is 1. The third kappa shape index (κ3) is 4.61. The van der Waals surface area contributed by atoms with Crippen LogP contribution in [0.2, 0.25) is 0 Å². The number of aliphatic hydroxyl groups excluding tert-OH is 1. The Hall–Kier alpha value is -0.560. The molecule has 1 N–H and O–H groups in total. The van der Waals surface area contributed by atoms with E-state index in [9.17, 15) is 5.11 Å². The largest absolute Gasteiger partial charge is 0.390 e. The Morgan fingerprint density at radius 1 is 1.22 bits per heavy atom. The van der Waals surface area contributed by atoms with Crippen molar-refractivity contribution >= 4 is 0 Å². The fourth-order valence-corrected chi connectivity index (χ4v) is 2.32. The molecule has 104 valence electrons. The van der Waals surface area contributed by atoms with Crippen LogP contribution in [0, 0.1) is 12.3 Å². The Kier molecular flexibility index (Phi) is 6.14. The molecule has 0 aromatic rings. The molecule has 0 aliphatic carbocycles. The SMILES string of the molecule is C#C[C@H]1OC(C)(C)O[C@H]1[C@@H](O)CCCCCCC. The van der Waals surface area contributed by atoms with Crippen LogP contribution in [0.25, 0.3) is 0 Å². The molecule has 0 aromatic carbocycles. The third-order valence-electron chi connectivity index (χ3n) is 3.28. The van der Waals surface area contributed by atoms with Gasteiger partial charge in [0, 0.05) is 0 Å². The summed E-state index contributed by atoms with van der Waals surface area (Å²) in [6, 6.07) is 0. The second-order valence-corrected chi connectivity index (χ2v) is 5.46. The summed E-state index contributed by atoms with van der Waals surface area (Å²) in [6.07, 6.45) is 10.7. The van der Waals surface area contributed by atoms with Crippen LogP contribution in [-0.2, 0) is 9.47 Å². The number of unbranched alkanes of at least 4 members (excludes halogenated alkanes) is 4. The van der Waals surface area contributed by atoms with E-state index in [1.807, 2.05) is 13.8 Å². The van der Waals surface area contributed by atoms with E-state index in [2.05, 4.69) is 12.8 Å². The van der Waals surface area contributed by atoms with Gasteiger partial charge in [-0.3, -0.25) is 0 Å². The molecule has 3 nitrogen and oxygen atoms in total. The number of aliphatic hydroxyl groups is 1. The van der Waals surface area contributed by atoms with Crippen LogP contribution < -0.4 is 0 Å². The number of rotatable bonds is 7. The van der Waals surface area contributed by atoms with Gasteiger partial charge < -0.3 is 14.6 Å². The Morgan fingerprint density at radius 3 is 2.50 bits per heavy atom. The second-order valence-electron chi connectivity index (χ2n) is 5.46. The molecule has 3 heteroatoms. The van der Waals surface area contributed by atoms with Gasteiger partial charge in [-0.05, 0) is 20.3 Å². The van der Waals surface area contributed by atoms with Gasteiger partial charge >= 0.3 is 0 Å². The van der Waals surface area contributed by atoms with Crippen molar-refractivity contribution in [1.82, 2.24) is 0 Å². The van der Waals surface area contributed by atoms with E-state index >= 15 is 0 Å². The van der Waals surface area contributed by atoms with Crippen LogP contribution in [0.1, 0.15) is 59.3 Å². The topological polar surface area (TPSA) is 38.7 Å². The lowest BCUT2D eigenvalue weighted by Crippen LogP contribution is -2.34. The minimum atomic E-state index is -0.690. The van der Waals surface area contributed by atoms with Crippen LogP contribution in [0.4, 0.5) is 0 Å². The maximum atomic E-state index is 10.1. The van der Waals surface area contributed by atoms with Gasteiger partial charge in [-0.1, -0.05) is 44.9 Å². The van der Waals surface area contributed by atoms with E-state index in [1.54, 1.807) is 0 Å². The Labute approximate surface area is 111 Å². The van der Waals surface area contributed by atoms with Crippen molar-refractivity contribution in [3.05, 3.63) is 0 Å². The highest BCUT2D eigenvalue weighted by Crippen LogP contribution is 2.30. The summed E-state index contributed by atoms with van der Waals surface area (Å²) in [5.74, 6) is 1.86. The lowest BCUT2D eigenvalue weighted by atomic mass is 10.0. The summed E-state index contributed by atoms with van der Waals surface area (Å²) in [4.78, 5) is 0. The molecule has 0 amide bonds. The average molecular weight is 254 g/mol. The fourth-order valence-electron chi connectivity index (χ4n) is 2.32. The summed E-state index contributed by atoms with van der Waals surface area (Å²) in [5.41, 5.74) is 0. The maximum absolute atomic E-state index is 10.1. The lowest BCUT2D eigenvalue weighted by Gasteiger charge is -2.20. The molecule has 0 saturated carbocycles. The molecule has 0 spiro atoms. The Balaban J connectivity index is 2.32. The van der Waals surface area contributed by atoms with Crippen molar-refractivity contribution in [2.24, 2.45) is 0 Å². The first-order valence-electron chi connectivity index (χ1n) is 7.00. The molecule has 0 bridgehead atoms. The summed E-state index contributed by atoms with van der Waals surface area (Å²) in [7, 11) is 0. The number of hydrogen-bond acceptors (Lipinski definition) is 3. The smallest absolute Gasteiger partial charge is 0.165 e. The Morgan fingerprint density at radius 2 is 1.89 bits per heavy atom. The molecule has 1 fully saturated rings. The van der Waals surface area contributed by atoms with Crippen LogP contribution in [0.5, 0.6) is 0 Å². The summed E-state index contributed by atoms with van der Waals surface area (Å²) < 4.78 is 11.2. The standard InChI is InChI=1S/C15H26O3/c1-5-7-8-9-10-11-12(16)14-13(6-2)17-15(3,4)18-14/h2,12-14,16H,5,7-11H2,1,3-4H3/t12-,13+,14-/m0/s1. The van der Waals surface area contributed by atoms with Crippen LogP contribution in [-0.4, -0.2) is 29.2 Å². The van der Waals surface area contributed by atoms with Crippen molar-refractivity contribution < 1.29 is 14.6 Å². The zero-order valence-corrected chi connectivity index (χ0v) is 11.8. The van der Waals surface area contributed by atoms with E-state index < -0.39 is 24.1 Å². The first kappa shape index (κ1) is 15.5. The molecule has 0 unspecified atom stereocenters. The zero-order chi connectivity index (χ0) is 13.6. The van der Waals surface area contributed by atoms with Gasteiger partial charge in [0.25, 0.3) is 0 Å². The first-order valence-corrected chi connectivity index (χ1v) is 7.00. The first-order chi connectivity index (χ1) is 8.50. The molecule has 1 aliphatic rings. The highest BCUT2D eigenvalue weighted by Gasteiger charge is 2.43. The predicted octanol–water partition coefficient (Wildman–Crippen LogP) is 2.86. The highest BCUT2D eigenvalue weighted by atomic mass is 16.8. The quantitative estimate of drug-likeness (QED) is 0.561. The second kappa shape index (κ2) is 7.13. The predicted molar refractivity (Wildman–Crippen MR) is 72.0 cm³/mol. The van der Waals surface area contributed by atoms with E-state index in [0.717, 1.165) is 19.3 Å². The van der Waals surface area contributed by atoms with Crippen LogP contribution in [0.3, 0.4) is 0 Å². The van der Waals surface area contributed by atoms with Crippen molar-refractivity contribution in [2.45, 2.75) is 83.4 Å². The van der Waals surface area contributed by atoms with Gasteiger partial charge in [-0.25, -0.2) is 0 Å². The van der Waals surface area contributed by atoms with Crippen molar-refractivity contribution in [3.63, 3.8) is 0 Å². The molecule has 1 aliphatic heterocycles. The van der Waals surface area contributed by atoms with Gasteiger partial charge in [0.2, 0.25) is 0 Å². The molecular weight excluding hydrogens is 228 g/mol. The molecule has 1 rings (SSSR count). The molecule has 18 heavy (non-hydrogen) atoms. The van der Waals surface area contributed by atoms with Crippen LogP contribution in [0.15, 0.2) is 0 Å². The molecule has 0 aromatic heterocycles. The van der Waals surface area contributed by atoms with E-state index in [0.29, 0.717) is 0 Å². The maximum Gasteiger partial charge on any atom is 0.165 e. The van der Waals surface area contributed by atoms with Gasteiger partial charge in [0.1, 0.15) is 12.2 Å². The third-order valence-corrected chi connectivity index (χ3v) is 3.28. The molecule has 1 saturated heterocycles. The van der Waals surface area contributed by atoms with E-state index in [4.69, 9.17) is 15.9 Å². The van der Waals surface area contributed by atoms with Gasteiger partial charge in [-0.2, -0.15) is 0 Å². The van der Waals surface area contributed by atoms with Gasteiger partial charge in [-0.15, -0.1) is 6.42 Å². The van der Waals surface area contributed by atoms with Crippen molar-refractivity contribution in [1.29, 1.82) is 0 Å². The lowest BCUT2D eigenvalue weighted by molar-refractivity contribution is -0.153. The van der Waals surface area contributed by atoms with Crippen molar-refractivity contribution in [2.75, 3.05) is 0 Å². The highest BCUT2D eigenvalue weighted by molar-refractivity contribution is 5.04. The van der Waals surface area contributed by atoms with Crippen LogP contribution >= 0.6 is 0 Å². The Bertz CT molecular complexity index is 280. The molecule has 1 heterocycles.